The minimum Gasteiger partial charge on any atom is -0.487 e. The minimum absolute atomic E-state index is 0.435. The molecule has 2 rings (SSSR count). The Morgan fingerprint density at radius 3 is 2.58 bits per heavy atom. The molecule has 96 valence electrons. The Morgan fingerprint density at radius 1 is 1.26 bits per heavy atom. The van der Waals surface area contributed by atoms with Crippen LogP contribution >= 0.6 is 15.9 Å². The highest BCUT2D eigenvalue weighted by Crippen LogP contribution is 2.22. The van der Waals surface area contributed by atoms with Gasteiger partial charge in [0.2, 0.25) is 0 Å². The lowest BCUT2D eigenvalue weighted by atomic mass is 10.2. The number of hydrogen-bond acceptors (Lipinski definition) is 3. The third kappa shape index (κ3) is 3.33. The molecule has 19 heavy (non-hydrogen) atoms. The van der Waals surface area contributed by atoms with Gasteiger partial charge in [-0.2, -0.15) is 5.26 Å². The summed E-state index contributed by atoms with van der Waals surface area (Å²) in [6, 6.07) is 11.8. The van der Waals surface area contributed by atoms with E-state index in [0.29, 0.717) is 23.6 Å². The van der Waals surface area contributed by atoms with Gasteiger partial charge in [-0.3, -0.25) is 4.98 Å². The van der Waals surface area contributed by atoms with Gasteiger partial charge in [0.15, 0.2) is 0 Å². The Kier molecular flexibility index (Phi) is 4.18. The van der Waals surface area contributed by atoms with E-state index >= 15 is 0 Å². The summed E-state index contributed by atoms with van der Waals surface area (Å²) in [7, 11) is 0. The molecule has 0 fully saturated rings. The first-order valence-corrected chi connectivity index (χ1v) is 6.65. The van der Waals surface area contributed by atoms with Crippen LogP contribution in [0.25, 0.3) is 0 Å². The number of nitrogens with zero attached hydrogens (tertiary/aromatic N) is 2. The van der Waals surface area contributed by atoms with Gasteiger partial charge in [-0.05, 0) is 31.5 Å². The number of nitriles is 1. The zero-order valence-electron chi connectivity index (χ0n) is 10.8. The quantitative estimate of drug-likeness (QED) is 0.862. The van der Waals surface area contributed by atoms with Crippen LogP contribution in [0.5, 0.6) is 5.75 Å². The molecule has 0 saturated heterocycles. The second-order valence-corrected chi connectivity index (χ2v) is 5.16. The molecule has 0 unspecified atom stereocenters. The lowest BCUT2D eigenvalue weighted by Crippen LogP contribution is -2.01. The van der Waals surface area contributed by atoms with Gasteiger partial charge >= 0.3 is 0 Å². The number of halogens is 1. The Labute approximate surface area is 121 Å². The predicted molar refractivity (Wildman–Crippen MR) is 76.9 cm³/mol. The van der Waals surface area contributed by atoms with Crippen LogP contribution in [-0.2, 0) is 6.61 Å². The summed E-state index contributed by atoms with van der Waals surface area (Å²) in [5, 5.41) is 9.15. The predicted octanol–water partition coefficient (Wildman–Crippen LogP) is 3.91. The molecule has 0 radical (unpaired) electrons. The van der Waals surface area contributed by atoms with Gasteiger partial charge in [0, 0.05) is 16.2 Å². The number of pyridine rings is 1. The highest BCUT2D eigenvalue weighted by Gasteiger charge is 2.09. The third-order valence-electron chi connectivity index (χ3n) is 2.71. The summed E-state index contributed by atoms with van der Waals surface area (Å²) < 4.78 is 6.77. The van der Waals surface area contributed by atoms with Crippen LogP contribution in [0.4, 0.5) is 0 Å². The summed E-state index contributed by atoms with van der Waals surface area (Å²) in [5.74, 6) is 0.593. The monoisotopic (exact) mass is 316 g/mol. The summed E-state index contributed by atoms with van der Waals surface area (Å²) >= 11 is 3.39. The standard InChI is InChI=1S/C15H13BrN2O/c1-10-7-15(14(8-17)11(2)18-10)19-9-12-3-5-13(16)6-4-12/h3-7H,9H2,1-2H3. The first-order valence-electron chi connectivity index (χ1n) is 5.85. The van der Waals surface area contributed by atoms with Crippen LogP contribution in [0, 0.1) is 25.2 Å². The Morgan fingerprint density at radius 2 is 1.95 bits per heavy atom. The first kappa shape index (κ1) is 13.6. The first-order chi connectivity index (χ1) is 9.10. The zero-order valence-corrected chi connectivity index (χ0v) is 12.4. The van der Waals surface area contributed by atoms with Crippen molar-refractivity contribution in [1.82, 2.24) is 4.98 Å². The lowest BCUT2D eigenvalue weighted by molar-refractivity contribution is 0.304. The van der Waals surface area contributed by atoms with Crippen LogP contribution in [-0.4, -0.2) is 4.98 Å². The van der Waals surface area contributed by atoms with Crippen LogP contribution < -0.4 is 4.74 Å². The molecule has 0 aliphatic rings. The van der Waals surface area contributed by atoms with E-state index in [-0.39, 0.29) is 0 Å². The molecule has 0 amide bonds. The zero-order chi connectivity index (χ0) is 13.8. The van der Waals surface area contributed by atoms with Crippen molar-refractivity contribution in [3.05, 3.63) is 57.3 Å². The highest BCUT2D eigenvalue weighted by molar-refractivity contribution is 9.10. The maximum absolute atomic E-state index is 9.15. The maximum Gasteiger partial charge on any atom is 0.141 e. The molecule has 0 aliphatic heterocycles. The van der Waals surface area contributed by atoms with Gasteiger partial charge in [0.1, 0.15) is 24.0 Å². The summed E-state index contributed by atoms with van der Waals surface area (Å²) in [4.78, 5) is 4.26. The number of ether oxygens (including phenoxy) is 1. The van der Waals surface area contributed by atoms with Crippen molar-refractivity contribution in [2.45, 2.75) is 20.5 Å². The van der Waals surface area contributed by atoms with Crippen molar-refractivity contribution in [2.24, 2.45) is 0 Å². The summed E-state index contributed by atoms with van der Waals surface area (Å²) in [6.45, 7) is 4.14. The van der Waals surface area contributed by atoms with Gasteiger partial charge in [-0.15, -0.1) is 0 Å². The van der Waals surface area contributed by atoms with Crippen molar-refractivity contribution in [1.29, 1.82) is 5.26 Å². The Balaban J connectivity index is 2.20. The molecule has 3 nitrogen and oxygen atoms in total. The number of benzene rings is 1. The van der Waals surface area contributed by atoms with Gasteiger partial charge in [0.05, 0.1) is 5.69 Å². The second kappa shape index (κ2) is 5.85. The van der Waals surface area contributed by atoms with E-state index in [0.717, 1.165) is 15.7 Å². The minimum atomic E-state index is 0.435. The van der Waals surface area contributed by atoms with E-state index in [1.165, 1.54) is 0 Å². The van der Waals surface area contributed by atoms with Gasteiger partial charge in [-0.25, -0.2) is 0 Å². The lowest BCUT2D eigenvalue weighted by Gasteiger charge is -2.10. The number of aromatic nitrogens is 1. The van der Waals surface area contributed by atoms with Gasteiger partial charge in [-0.1, -0.05) is 28.1 Å². The van der Waals surface area contributed by atoms with E-state index in [2.05, 4.69) is 27.0 Å². The van der Waals surface area contributed by atoms with Crippen LogP contribution in [0.2, 0.25) is 0 Å². The molecule has 0 bridgehead atoms. The van der Waals surface area contributed by atoms with E-state index in [9.17, 15) is 0 Å². The molecule has 1 aromatic carbocycles. The maximum atomic E-state index is 9.15. The smallest absolute Gasteiger partial charge is 0.141 e. The fourth-order valence-electron chi connectivity index (χ4n) is 1.78. The molecule has 0 atom stereocenters. The topological polar surface area (TPSA) is 45.9 Å². The van der Waals surface area contributed by atoms with E-state index < -0.39 is 0 Å². The number of aryl methyl sites for hydroxylation is 2. The van der Waals surface area contributed by atoms with Crippen LogP contribution in [0.1, 0.15) is 22.5 Å². The molecule has 1 aromatic heterocycles. The molecule has 1 heterocycles. The average molecular weight is 317 g/mol. The largest absolute Gasteiger partial charge is 0.487 e. The van der Waals surface area contributed by atoms with Crippen molar-refractivity contribution < 1.29 is 4.74 Å². The van der Waals surface area contributed by atoms with Crippen LogP contribution in [0.15, 0.2) is 34.8 Å². The van der Waals surface area contributed by atoms with Crippen molar-refractivity contribution >= 4 is 15.9 Å². The van der Waals surface area contributed by atoms with E-state index in [4.69, 9.17) is 10.00 Å². The Bertz CT molecular complexity index is 630. The van der Waals surface area contributed by atoms with Gasteiger partial charge in [0.25, 0.3) is 0 Å². The SMILES string of the molecule is Cc1cc(OCc2ccc(Br)cc2)c(C#N)c(C)n1. The summed E-state index contributed by atoms with van der Waals surface area (Å²) in [5.41, 5.74) is 3.11. The number of hydrogen-bond donors (Lipinski definition) is 0. The molecular formula is C15H13BrN2O. The fourth-order valence-corrected chi connectivity index (χ4v) is 2.05. The molecule has 4 heteroatoms. The molecule has 0 aliphatic carbocycles. The van der Waals surface area contributed by atoms with Crippen molar-refractivity contribution in [3.63, 3.8) is 0 Å². The molecule has 2 aromatic rings. The summed E-state index contributed by atoms with van der Waals surface area (Å²) in [6.07, 6.45) is 0. The second-order valence-electron chi connectivity index (χ2n) is 4.25. The van der Waals surface area contributed by atoms with E-state index in [1.54, 1.807) is 6.07 Å². The molecule has 0 N–H and O–H groups in total. The average Bonchev–Trinajstić information content (AvgIpc) is 2.37. The number of rotatable bonds is 3. The van der Waals surface area contributed by atoms with Gasteiger partial charge < -0.3 is 4.74 Å². The van der Waals surface area contributed by atoms with E-state index in [1.807, 2.05) is 38.1 Å². The molecule has 0 saturated carbocycles. The third-order valence-corrected chi connectivity index (χ3v) is 3.24. The Hall–Kier alpha value is -1.86. The van der Waals surface area contributed by atoms with Crippen molar-refractivity contribution in [2.75, 3.05) is 0 Å². The highest BCUT2D eigenvalue weighted by atomic mass is 79.9. The van der Waals surface area contributed by atoms with Crippen LogP contribution in [0.3, 0.4) is 0 Å². The molecular weight excluding hydrogens is 304 g/mol. The van der Waals surface area contributed by atoms with Crippen molar-refractivity contribution in [3.8, 4) is 11.8 Å². The fraction of sp³-hybridized carbons (Fsp3) is 0.200. The normalized spacial score (nSPS) is 10.0. The molecule has 0 spiro atoms.